The average Bonchev–Trinajstić information content (AvgIpc) is 2.39. The van der Waals surface area contributed by atoms with Gasteiger partial charge in [0.25, 0.3) is 15.9 Å². The van der Waals surface area contributed by atoms with E-state index < -0.39 is 15.9 Å². The van der Waals surface area contributed by atoms with Crippen LogP contribution in [0.3, 0.4) is 0 Å². The molecule has 0 aliphatic heterocycles. The summed E-state index contributed by atoms with van der Waals surface area (Å²) in [6.07, 6.45) is 0. The third-order valence-electron chi connectivity index (χ3n) is 2.43. The van der Waals surface area contributed by atoms with Crippen molar-refractivity contribution in [2.45, 2.75) is 4.90 Å². The molecular formula is C13H12N2O3S. The zero-order valence-corrected chi connectivity index (χ0v) is 10.7. The van der Waals surface area contributed by atoms with Crippen molar-refractivity contribution in [3.63, 3.8) is 0 Å². The number of anilines is 1. The van der Waals surface area contributed by atoms with Gasteiger partial charge in [0.15, 0.2) is 0 Å². The average molecular weight is 276 g/mol. The number of hydrogen-bond acceptors (Lipinski definition) is 4. The lowest BCUT2D eigenvalue weighted by molar-refractivity contribution is 0.0981. The fourth-order valence-electron chi connectivity index (χ4n) is 1.51. The zero-order valence-electron chi connectivity index (χ0n) is 9.91. The van der Waals surface area contributed by atoms with Crippen LogP contribution in [0.4, 0.5) is 5.69 Å². The number of hydrogen-bond donors (Lipinski definition) is 2. The van der Waals surface area contributed by atoms with E-state index in [0.29, 0.717) is 5.69 Å². The second-order valence-electron chi connectivity index (χ2n) is 3.87. The number of rotatable bonds is 3. The highest BCUT2D eigenvalue weighted by molar-refractivity contribution is 7.90. The quantitative estimate of drug-likeness (QED) is 0.829. The summed E-state index contributed by atoms with van der Waals surface area (Å²) in [6.45, 7) is 0. The van der Waals surface area contributed by atoms with Crippen molar-refractivity contribution >= 4 is 21.6 Å². The van der Waals surface area contributed by atoms with Gasteiger partial charge in [-0.2, -0.15) is 0 Å². The molecule has 0 saturated carbocycles. The van der Waals surface area contributed by atoms with Crippen LogP contribution in [0.1, 0.15) is 10.4 Å². The van der Waals surface area contributed by atoms with Crippen LogP contribution in [0.15, 0.2) is 59.5 Å². The molecule has 2 aromatic carbocycles. The lowest BCUT2D eigenvalue weighted by Crippen LogP contribution is -2.30. The molecule has 0 saturated heterocycles. The Morgan fingerprint density at radius 2 is 1.68 bits per heavy atom. The molecule has 19 heavy (non-hydrogen) atoms. The molecule has 3 N–H and O–H groups in total. The molecule has 2 rings (SSSR count). The molecule has 0 atom stereocenters. The van der Waals surface area contributed by atoms with Crippen molar-refractivity contribution in [2.75, 3.05) is 5.73 Å². The Labute approximate surface area is 111 Å². The van der Waals surface area contributed by atoms with Crippen molar-refractivity contribution in [1.29, 1.82) is 0 Å². The van der Waals surface area contributed by atoms with Gasteiger partial charge in [-0.1, -0.05) is 24.3 Å². The Balaban J connectivity index is 2.25. The van der Waals surface area contributed by atoms with Crippen LogP contribution in [-0.2, 0) is 10.0 Å². The maximum Gasteiger partial charge on any atom is 0.264 e. The highest BCUT2D eigenvalue weighted by atomic mass is 32.2. The van der Waals surface area contributed by atoms with Gasteiger partial charge in [-0.25, -0.2) is 13.1 Å². The Morgan fingerprint density at radius 1 is 1.00 bits per heavy atom. The first-order valence-corrected chi connectivity index (χ1v) is 6.95. The summed E-state index contributed by atoms with van der Waals surface area (Å²) in [5.41, 5.74) is 6.11. The van der Waals surface area contributed by atoms with Crippen molar-refractivity contribution < 1.29 is 13.2 Å². The van der Waals surface area contributed by atoms with Crippen molar-refractivity contribution in [1.82, 2.24) is 4.72 Å². The summed E-state index contributed by atoms with van der Waals surface area (Å²) in [5.74, 6) is -0.678. The summed E-state index contributed by atoms with van der Waals surface area (Å²) in [4.78, 5) is 11.8. The molecule has 0 radical (unpaired) electrons. The second-order valence-corrected chi connectivity index (χ2v) is 5.56. The van der Waals surface area contributed by atoms with Gasteiger partial charge < -0.3 is 5.73 Å². The number of nitrogens with two attached hydrogens (primary N) is 1. The number of sulfonamides is 1. The summed E-state index contributed by atoms with van der Waals surface area (Å²) in [5, 5.41) is 0. The monoisotopic (exact) mass is 276 g/mol. The van der Waals surface area contributed by atoms with E-state index in [1.54, 1.807) is 24.3 Å². The molecule has 0 fully saturated rings. The van der Waals surface area contributed by atoms with E-state index in [9.17, 15) is 13.2 Å². The van der Waals surface area contributed by atoms with E-state index in [2.05, 4.69) is 0 Å². The first kappa shape index (κ1) is 13.1. The lowest BCUT2D eigenvalue weighted by Gasteiger charge is -2.07. The fraction of sp³-hybridized carbons (Fsp3) is 0. The highest BCUT2D eigenvalue weighted by Gasteiger charge is 2.18. The third-order valence-corrected chi connectivity index (χ3v) is 3.76. The standard InChI is InChI=1S/C13H12N2O3S/c14-11-7-4-8-12(9-11)19(17,18)15-13(16)10-5-2-1-3-6-10/h1-9H,14H2,(H,15,16). The number of amides is 1. The number of nitrogens with one attached hydrogen (secondary N) is 1. The van der Waals surface area contributed by atoms with Crippen molar-refractivity contribution in [3.8, 4) is 0 Å². The van der Waals surface area contributed by atoms with Crippen molar-refractivity contribution in [3.05, 3.63) is 60.2 Å². The molecule has 0 heterocycles. The summed E-state index contributed by atoms with van der Waals surface area (Å²) in [6, 6.07) is 13.9. The predicted octanol–water partition coefficient (Wildman–Crippen LogP) is 1.39. The van der Waals surface area contributed by atoms with E-state index in [-0.39, 0.29) is 10.5 Å². The van der Waals surface area contributed by atoms with Crippen LogP contribution < -0.4 is 10.5 Å². The molecule has 0 spiro atoms. The molecule has 98 valence electrons. The second kappa shape index (κ2) is 5.11. The molecule has 2 aromatic rings. The zero-order chi connectivity index (χ0) is 13.9. The smallest absolute Gasteiger partial charge is 0.264 e. The summed E-state index contributed by atoms with van der Waals surface area (Å²) < 4.78 is 26.0. The van der Waals surface area contributed by atoms with Gasteiger partial charge in [0.1, 0.15) is 0 Å². The van der Waals surface area contributed by atoms with Gasteiger partial charge in [-0.05, 0) is 30.3 Å². The molecule has 0 aromatic heterocycles. The molecule has 1 amide bonds. The van der Waals surface area contributed by atoms with E-state index >= 15 is 0 Å². The number of carbonyl (C=O) groups excluding carboxylic acids is 1. The first-order chi connectivity index (χ1) is 8.99. The van der Waals surface area contributed by atoms with Gasteiger partial charge in [0.2, 0.25) is 0 Å². The van der Waals surface area contributed by atoms with Crippen LogP contribution >= 0.6 is 0 Å². The number of benzene rings is 2. The minimum atomic E-state index is -3.91. The van der Waals surface area contributed by atoms with Gasteiger partial charge in [-0.15, -0.1) is 0 Å². The molecular weight excluding hydrogens is 264 g/mol. The van der Waals surface area contributed by atoms with E-state index in [4.69, 9.17) is 5.73 Å². The number of nitrogen functional groups attached to an aromatic ring is 1. The minimum absolute atomic E-state index is 0.0446. The molecule has 0 aliphatic rings. The van der Waals surface area contributed by atoms with Gasteiger partial charge in [-0.3, -0.25) is 4.79 Å². The van der Waals surface area contributed by atoms with Gasteiger partial charge >= 0.3 is 0 Å². The Morgan fingerprint density at radius 3 is 2.32 bits per heavy atom. The van der Waals surface area contributed by atoms with Crippen LogP contribution in [-0.4, -0.2) is 14.3 Å². The first-order valence-electron chi connectivity index (χ1n) is 5.47. The molecule has 6 heteroatoms. The maximum absolute atomic E-state index is 12.0. The normalized spacial score (nSPS) is 10.9. The number of carbonyl (C=O) groups is 1. The van der Waals surface area contributed by atoms with Crippen LogP contribution in [0, 0.1) is 0 Å². The molecule has 0 aliphatic carbocycles. The SMILES string of the molecule is Nc1cccc(S(=O)(=O)NC(=O)c2ccccc2)c1. The summed E-state index contributed by atoms with van der Waals surface area (Å²) >= 11 is 0. The molecule has 0 unspecified atom stereocenters. The lowest BCUT2D eigenvalue weighted by atomic mass is 10.2. The topological polar surface area (TPSA) is 89.3 Å². The summed E-state index contributed by atoms with van der Waals surface area (Å²) in [7, 11) is -3.91. The van der Waals surface area contributed by atoms with Crippen LogP contribution in [0.25, 0.3) is 0 Å². The van der Waals surface area contributed by atoms with Gasteiger partial charge in [0.05, 0.1) is 4.90 Å². The van der Waals surface area contributed by atoms with Gasteiger partial charge in [0, 0.05) is 11.3 Å². The van der Waals surface area contributed by atoms with Crippen LogP contribution in [0.2, 0.25) is 0 Å². The Kier molecular flexibility index (Phi) is 3.52. The molecule has 5 nitrogen and oxygen atoms in total. The molecule has 0 bridgehead atoms. The fourth-order valence-corrected chi connectivity index (χ4v) is 2.54. The largest absolute Gasteiger partial charge is 0.399 e. The van der Waals surface area contributed by atoms with Crippen LogP contribution in [0.5, 0.6) is 0 Å². The van der Waals surface area contributed by atoms with E-state index in [1.165, 1.54) is 30.3 Å². The Bertz CT molecular complexity index is 697. The van der Waals surface area contributed by atoms with E-state index in [0.717, 1.165) is 0 Å². The van der Waals surface area contributed by atoms with Crippen molar-refractivity contribution in [2.24, 2.45) is 0 Å². The van der Waals surface area contributed by atoms with E-state index in [1.807, 2.05) is 4.72 Å². The predicted molar refractivity (Wildman–Crippen MR) is 71.9 cm³/mol. The highest BCUT2D eigenvalue weighted by Crippen LogP contribution is 2.13. The Hall–Kier alpha value is -2.34. The third kappa shape index (κ3) is 3.11. The minimum Gasteiger partial charge on any atom is -0.399 e. The maximum atomic E-state index is 12.0.